The summed E-state index contributed by atoms with van der Waals surface area (Å²) < 4.78 is 34.6. The van der Waals surface area contributed by atoms with Gasteiger partial charge in [0.05, 0.1) is 22.5 Å². The molecule has 4 aromatic rings. The van der Waals surface area contributed by atoms with Gasteiger partial charge in [0, 0.05) is 18.2 Å². The summed E-state index contributed by atoms with van der Waals surface area (Å²) in [6, 6.07) is 25.1. The Morgan fingerprint density at radius 1 is 0.875 bits per heavy atom. The van der Waals surface area contributed by atoms with E-state index >= 15 is 0 Å². The molecule has 0 radical (unpaired) electrons. The van der Waals surface area contributed by atoms with Gasteiger partial charge in [-0.2, -0.15) is 0 Å². The molecule has 0 fully saturated rings. The van der Waals surface area contributed by atoms with Crippen molar-refractivity contribution < 1.29 is 22.9 Å². The molecule has 1 N–H and O–H groups in total. The number of esters is 1. The van der Waals surface area contributed by atoms with Gasteiger partial charge in [-0.3, -0.25) is 10.1 Å². The summed E-state index contributed by atoms with van der Waals surface area (Å²) >= 11 is 0. The van der Waals surface area contributed by atoms with Crippen molar-refractivity contribution in [3.05, 3.63) is 129 Å². The molecular weight excluding hydrogens is 528 g/mol. The largest absolute Gasteiger partial charge is 0.465 e. The highest BCUT2D eigenvalue weighted by atomic mass is 32.2. The predicted octanol–water partition coefficient (Wildman–Crippen LogP) is 5.80. The van der Waals surface area contributed by atoms with Crippen LogP contribution >= 0.6 is 0 Å². The first kappa shape index (κ1) is 28.7. The Morgan fingerprint density at radius 3 is 2.17 bits per heavy atom. The number of nitrogens with one attached hydrogen (secondary N) is 1. The molecule has 0 aliphatic carbocycles. The van der Waals surface area contributed by atoms with Gasteiger partial charge in [0.25, 0.3) is 5.69 Å². The monoisotopic (exact) mass is 558 g/mol. The molecule has 0 saturated heterocycles. The second kappa shape index (κ2) is 12.2. The molecule has 1 atom stereocenters. The Morgan fingerprint density at radius 2 is 1.50 bits per heavy atom. The van der Waals surface area contributed by atoms with Crippen LogP contribution in [0.4, 0.5) is 5.69 Å². The highest BCUT2D eigenvalue weighted by molar-refractivity contribution is 7.89. The van der Waals surface area contributed by atoms with Crippen molar-refractivity contribution in [2.75, 3.05) is 7.11 Å². The number of rotatable bonds is 10. The summed E-state index contributed by atoms with van der Waals surface area (Å²) in [5.74, 6) is -0.439. The molecule has 0 spiro atoms. The van der Waals surface area contributed by atoms with Crippen molar-refractivity contribution in [1.82, 2.24) is 4.72 Å². The maximum absolute atomic E-state index is 13.4. The lowest BCUT2D eigenvalue weighted by Crippen LogP contribution is -2.38. The minimum absolute atomic E-state index is 0.0506. The van der Waals surface area contributed by atoms with Gasteiger partial charge in [-0.1, -0.05) is 60.7 Å². The molecule has 4 aromatic carbocycles. The van der Waals surface area contributed by atoms with Crippen LogP contribution in [-0.4, -0.2) is 32.5 Å². The number of benzene rings is 4. The lowest BCUT2D eigenvalue weighted by molar-refractivity contribution is -0.384. The number of nitrogens with zero attached hydrogens (tertiary/aromatic N) is 1. The lowest BCUT2D eigenvalue weighted by Gasteiger charge is -2.22. The highest BCUT2D eigenvalue weighted by Crippen LogP contribution is 2.28. The fraction of sp³-hybridized carbons (Fsp3) is 0.194. The first-order valence-corrected chi connectivity index (χ1v) is 14.2. The fourth-order valence-electron chi connectivity index (χ4n) is 4.64. The number of nitro benzene ring substituents is 1. The van der Waals surface area contributed by atoms with E-state index < -0.39 is 27.0 Å². The van der Waals surface area contributed by atoms with E-state index in [9.17, 15) is 23.3 Å². The number of hydrogen-bond donors (Lipinski definition) is 1. The minimum atomic E-state index is -3.99. The second-order valence-electron chi connectivity index (χ2n) is 9.58. The second-order valence-corrected chi connectivity index (χ2v) is 11.3. The summed E-state index contributed by atoms with van der Waals surface area (Å²) in [6.07, 6.45) is 0.807. The van der Waals surface area contributed by atoms with Crippen LogP contribution in [0.3, 0.4) is 0 Å². The lowest BCUT2D eigenvalue weighted by atomic mass is 9.91. The molecule has 40 heavy (non-hydrogen) atoms. The van der Waals surface area contributed by atoms with Gasteiger partial charge < -0.3 is 4.74 Å². The van der Waals surface area contributed by atoms with Gasteiger partial charge in [0.15, 0.2) is 0 Å². The van der Waals surface area contributed by atoms with E-state index in [1.54, 1.807) is 12.1 Å². The first-order valence-electron chi connectivity index (χ1n) is 12.7. The molecule has 0 heterocycles. The summed E-state index contributed by atoms with van der Waals surface area (Å²) in [6.45, 7) is 3.94. The molecule has 0 bridgehead atoms. The average Bonchev–Trinajstić information content (AvgIpc) is 2.95. The predicted molar refractivity (Wildman–Crippen MR) is 154 cm³/mol. The number of ether oxygens (including phenoxy) is 1. The zero-order chi connectivity index (χ0) is 28.9. The highest BCUT2D eigenvalue weighted by Gasteiger charge is 2.23. The van der Waals surface area contributed by atoms with Crippen LogP contribution in [0.25, 0.3) is 11.1 Å². The molecule has 206 valence electrons. The molecule has 0 unspecified atom stereocenters. The minimum Gasteiger partial charge on any atom is -0.465 e. The van der Waals surface area contributed by atoms with E-state index in [0.29, 0.717) is 18.4 Å². The number of hydrogen-bond acceptors (Lipinski definition) is 6. The quantitative estimate of drug-likeness (QED) is 0.149. The Labute approximate surface area is 233 Å². The van der Waals surface area contributed by atoms with Crippen LogP contribution in [0.5, 0.6) is 0 Å². The number of non-ortho nitro benzene ring substituents is 1. The van der Waals surface area contributed by atoms with Crippen molar-refractivity contribution in [3.8, 4) is 11.1 Å². The normalized spacial score (nSPS) is 12.1. The fourth-order valence-corrected chi connectivity index (χ4v) is 5.88. The Balaban J connectivity index is 1.70. The van der Waals surface area contributed by atoms with Gasteiger partial charge in [-0.25, -0.2) is 17.9 Å². The van der Waals surface area contributed by atoms with Crippen LogP contribution in [0.15, 0.2) is 95.9 Å². The third kappa shape index (κ3) is 6.62. The van der Waals surface area contributed by atoms with Gasteiger partial charge >= 0.3 is 5.97 Å². The maximum Gasteiger partial charge on any atom is 0.338 e. The van der Waals surface area contributed by atoms with Crippen molar-refractivity contribution in [2.45, 2.75) is 37.6 Å². The molecule has 0 saturated carbocycles. The Hall–Kier alpha value is -4.34. The third-order valence-corrected chi connectivity index (χ3v) is 8.40. The van der Waals surface area contributed by atoms with Crippen LogP contribution in [0, 0.1) is 24.0 Å². The molecule has 0 aliphatic rings. The number of methoxy groups -OCH3 is 1. The van der Waals surface area contributed by atoms with Crippen molar-refractivity contribution >= 4 is 21.7 Å². The number of sulfonamides is 1. The summed E-state index contributed by atoms with van der Waals surface area (Å²) in [7, 11) is -2.65. The van der Waals surface area contributed by atoms with Crippen LogP contribution in [-0.2, 0) is 27.6 Å². The van der Waals surface area contributed by atoms with Gasteiger partial charge in [-0.05, 0) is 78.3 Å². The van der Waals surface area contributed by atoms with Gasteiger partial charge in [-0.15, -0.1) is 0 Å². The van der Waals surface area contributed by atoms with Crippen LogP contribution in [0.2, 0.25) is 0 Å². The van der Waals surface area contributed by atoms with Crippen molar-refractivity contribution in [2.24, 2.45) is 0 Å². The molecule has 0 aromatic heterocycles. The number of carbonyl (C=O) groups excluding carboxylic acids is 1. The van der Waals surface area contributed by atoms with E-state index in [-0.39, 0.29) is 10.6 Å². The molecule has 0 amide bonds. The van der Waals surface area contributed by atoms with E-state index in [0.717, 1.165) is 33.4 Å². The maximum atomic E-state index is 13.4. The molecule has 8 nitrogen and oxygen atoms in total. The zero-order valence-electron chi connectivity index (χ0n) is 22.5. The Bertz CT molecular complexity index is 1650. The molecular formula is C31H30N2O6S. The number of nitro groups is 1. The average molecular weight is 559 g/mol. The van der Waals surface area contributed by atoms with E-state index in [1.165, 1.54) is 31.4 Å². The third-order valence-electron chi connectivity index (χ3n) is 6.87. The molecule has 4 rings (SSSR count). The van der Waals surface area contributed by atoms with E-state index in [4.69, 9.17) is 4.74 Å². The number of aryl methyl sites for hydroxylation is 2. The van der Waals surface area contributed by atoms with Crippen molar-refractivity contribution in [3.63, 3.8) is 0 Å². The van der Waals surface area contributed by atoms with E-state index in [1.807, 2.05) is 68.4 Å². The van der Waals surface area contributed by atoms with Crippen LogP contribution < -0.4 is 4.72 Å². The Kier molecular flexibility index (Phi) is 8.77. The van der Waals surface area contributed by atoms with Crippen LogP contribution in [0.1, 0.15) is 32.6 Å². The standard InChI is InChI=1S/C31H30N2O6S/c1-21-8-4-5-9-23(21)19-26(32-40(37,38)28-16-14-27(15-17-28)33(35)36)20-25-18-24(13-12-22(25)2)29-10-6-7-11-30(29)31(34)39-3/h4-18,26,32H,19-20H2,1-3H3/t26-/m1/s1. The SMILES string of the molecule is COC(=O)c1ccccc1-c1ccc(C)c(C[C@@H](Cc2ccccc2C)NS(=O)(=O)c2ccc([N+](=O)[O-])cc2)c1. The van der Waals surface area contributed by atoms with Gasteiger partial charge in [0.2, 0.25) is 10.0 Å². The topological polar surface area (TPSA) is 116 Å². The van der Waals surface area contributed by atoms with Gasteiger partial charge in [0.1, 0.15) is 0 Å². The molecule has 9 heteroatoms. The zero-order valence-corrected chi connectivity index (χ0v) is 23.3. The summed E-state index contributed by atoms with van der Waals surface area (Å²) in [4.78, 5) is 22.8. The first-order chi connectivity index (χ1) is 19.1. The molecule has 0 aliphatic heterocycles. The summed E-state index contributed by atoms with van der Waals surface area (Å²) in [5, 5.41) is 11.0. The van der Waals surface area contributed by atoms with E-state index in [2.05, 4.69) is 4.72 Å². The smallest absolute Gasteiger partial charge is 0.338 e. The van der Waals surface area contributed by atoms with Crippen molar-refractivity contribution in [1.29, 1.82) is 0 Å². The summed E-state index contributed by atoms with van der Waals surface area (Å²) in [5.41, 5.74) is 5.73. The number of carbonyl (C=O) groups is 1.